The molecule has 1 heterocycles. The normalized spacial score (nSPS) is 12.1. The average molecular weight is 276 g/mol. The molecule has 4 heteroatoms. The summed E-state index contributed by atoms with van der Waals surface area (Å²) in [6.07, 6.45) is 4.45. The molecular formula is C15H14ClNO2. The number of halogens is 1. The van der Waals surface area contributed by atoms with Gasteiger partial charge in [-0.2, -0.15) is 0 Å². The van der Waals surface area contributed by atoms with Crippen molar-refractivity contribution in [2.45, 2.75) is 18.8 Å². The molecule has 0 amide bonds. The summed E-state index contributed by atoms with van der Waals surface area (Å²) in [5.74, 6) is -1.32. The second-order valence-electron chi connectivity index (χ2n) is 4.34. The average Bonchev–Trinajstić information content (AvgIpc) is 2.40. The van der Waals surface area contributed by atoms with E-state index in [9.17, 15) is 9.90 Å². The van der Waals surface area contributed by atoms with Crippen molar-refractivity contribution in [3.8, 4) is 0 Å². The Kier molecular flexibility index (Phi) is 4.53. The summed E-state index contributed by atoms with van der Waals surface area (Å²) in [6, 6.07) is 11.0. The highest BCUT2D eigenvalue weighted by Gasteiger charge is 2.19. The van der Waals surface area contributed by atoms with Crippen LogP contribution in [0.2, 0.25) is 5.02 Å². The van der Waals surface area contributed by atoms with E-state index in [-0.39, 0.29) is 0 Å². The summed E-state index contributed by atoms with van der Waals surface area (Å²) in [6.45, 7) is 0. The minimum atomic E-state index is -0.812. The molecule has 0 aliphatic heterocycles. The summed E-state index contributed by atoms with van der Waals surface area (Å²) in [7, 11) is 0. The fourth-order valence-corrected chi connectivity index (χ4v) is 2.24. The van der Waals surface area contributed by atoms with Gasteiger partial charge >= 0.3 is 5.97 Å². The number of carboxylic acids is 1. The lowest BCUT2D eigenvalue weighted by atomic mass is 9.93. The molecule has 0 saturated carbocycles. The number of carbonyl (C=O) groups is 1. The molecule has 1 unspecified atom stereocenters. The Hall–Kier alpha value is -1.87. The Labute approximate surface area is 116 Å². The molecule has 0 fully saturated rings. The highest BCUT2D eigenvalue weighted by atomic mass is 35.5. The molecule has 2 rings (SSSR count). The van der Waals surface area contributed by atoms with Gasteiger partial charge in [0.05, 0.1) is 5.92 Å². The molecule has 19 heavy (non-hydrogen) atoms. The van der Waals surface area contributed by atoms with E-state index >= 15 is 0 Å². The number of aromatic nitrogens is 1. The van der Waals surface area contributed by atoms with Crippen LogP contribution in [0.3, 0.4) is 0 Å². The molecular weight excluding hydrogens is 262 g/mol. The Balaban J connectivity index is 2.08. The zero-order valence-electron chi connectivity index (χ0n) is 10.3. The van der Waals surface area contributed by atoms with Crippen molar-refractivity contribution in [1.29, 1.82) is 0 Å². The number of pyridine rings is 1. The fraction of sp³-hybridized carbons (Fsp3) is 0.200. The van der Waals surface area contributed by atoms with Gasteiger partial charge in [-0.3, -0.25) is 9.78 Å². The Bertz CT molecular complexity index is 557. The molecule has 0 aliphatic rings. The molecule has 3 nitrogen and oxygen atoms in total. The first-order valence-corrected chi connectivity index (χ1v) is 6.42. The summed E-state index contributed by atoms with van der Waals surface area (Å²) in [5, 5.41) is 9.99. The van der Waals surface area contributed by atoms with Gasteiger partial charge in [0, 0.05) is 17.4 Å². The van der Waals surface area contributed by atoms with Gasteiger partial charge < -0.3 is 5.11 Å². The molecule has 0 aliphatic carbocycles. The van der Waals surface area contributed by atoms with Gasteiger partial charge in [-0.05, 0) is 48.2 Å². The van der Waals surface area contributed by atoms with Crippen molar-refractivity contribution in [1.82, 2.24) is 4.98 Å². The van der Waals surface area contributed by atoms with Gasteiger partial charge in [0.1, 0.15) is 0 Å². The van der Waals surface area contributed by atoms with Crippen LogP contribution < -0.4 is 0 Å². The molecule has 0 radical (unpaired) electrons. The number of carboxylic acid groups (broad SMARTS) is 1. The van der Waals surface area contributed by atoms with Gasteiger partial charge in [-0.15, -0.1) is 0 Å². The SMILES string of the molecule is O=C(O)C(CCc1cccc(Cl)c1)c1ccncc1. The van der Waals surface area contributed by atoms with Crippen LogP contribution in [0.5, 0.6) is 0 Å². The molecule has 1 aromatic heterocycles. The molecule has 2 aromatic rings. The molecule has 98 valence electrons. The van der Waals surface area contributed by atoms with Crippen LogP contribution in [-0.2, 0) is 11.2 Å². The van der Waals surface area contributed by atoms with Gasteiger partial charge in [-0.1, -0.05) is 23.7 Å². The summed E-state index contributed by atoms with van der Waals surface area (Å²) in [5.41, 5.74) is 1.83. The minimum absolute atomic E-state index is 0.512. The summed E-state index contributed by atoms with van der Waals surface area (Å²) >= 11 is 5.92. The molecule has 1 aromatic carbocycles. The molecule has 1 N–H and O–H groups in total. The van der Waals surface area contributed by atoms with E-state index in [1.807, 2.05) is 24.3 Å². The van der Waals surface area contributed by atoms with Crippen molar-refractivity contribution in [3.63, 3.8) is 0 Å². The van der Waals surface area contributed by atoms with Gasteiger partial charge in [0.25, 0.3) is 0 Å². The quantitative estimate of drug-likeness (QED) is 0.908. The lowest BCUT2D eigenvalue weighted by Crippen LogP contribution is -2.12. The zero-order valence-corrected chi connectivity index (χ0v) is 11.0. The molecule has 0 bridgehead atoms. The van der Waals surface area contributed by atoms with Crippen LogP contribution >= 0.6 is 11.6 Å². The number of hydrogen-bond donors (Lipinski definition) is 1. The topological polar surface area (TPSA) is 50.2 Å². The highest BCUT2D eigenvalue weighted by molar-refractivity contribution is 6.30. The maximum atomic E-state index is 11.3. The maximum Gasteiger partial charge on any atom is 0.310 e. The first kappa shape index (κ1) is 13.6. The largest absolute Gasteiger partial charge is 0.481 e. The third kappa shape index (κ3) is 3.80. The van der Waals surface area contributed by atoms with E-state index in [2.05, 4.69) is 4.98 Å². The van der Waals surface area contributed by atoms with E-state index < -0.39 is 11.9 Å². The Morgan fingerprint density at radius 1 is 1.26 bits per heavy atom. The van der Waals surface area contributed by atoms with Crippen LogP contribution in [0.15, 0.2) is 48.8 Å². The predicted molar refractivity (Wildman–Crippen MR) is 74.4 cm³/mol. The predicted octanol–water partition coefficient (Wildman–Crippen LogP) is 3.54. The van der Waals surface area contributed by atoms with Gasteiger partial charge in [-0.25, -0.2) is 0 Å². The van der Waals surface area contributed by atoms with Crippen molar-refractivity contribution in [2.75, 3.05) is 0 Å². The van der Waals surface area contributed by atoms with Crippen molar-refractivity contribution in [2.24, 2.45) is 0 Å². The second kappa shape index (κ2) is 6.34. The number of hydrogen-bond acceptors (Lipinski definition) is 2. The zero-order chi connectivity index (χ0) is 13.7. The Morgan fingerprint density at radius 3 is 2.63 bits per heavy atom. The van der Waals surface area contributed by atoms with Crippen LogP contribution in [0.4, 0.5) is 0 Å². The third-order valence-electron chi connectivity index (χ3n) is 3.02. The van der Waals surface area contributed by atoms with Crippen molar-refractivity contribution in [3.05, 3.63) is 64.9 Å². The van der Waals surface area contributed by atoms with E-state index in [1.54, 1.807) is 24.5 Å². The van der Waals surface area contributed by atoms with Crippen LogP contribution in [-0.4, -0.2) is 16.1 Å². The second-order valence-corrected chi connectivity index (χ2v) is 4.78. The highest BCUT2D eigenvalue weighted by Crippen LogP contribution is 2.22. The lowest BCUT2D eigenvalue weighted by molar-refractivity contribution is -0.138. The van der Waals surface area contributed by atoms with Crippen molar-refractivity contribution < 1.29 is 9.90 Å². The van der Waals surface area contributed by atoms with Gasteiger partial charge in [0.15, 0.2) is 0 Å². The number of nitrogens with zero attached hydrogens (tertiary/aromatic N) is 1. The fourth-order valence-electron chi connectivity index (χ4n) is 2.03. The first-order valence-electron chi connectivity index (χ1n) is 6.04. The minimum Gasteiger partial charge on any atom is -0.481 e. The number of aryl methyl sites for hydroxylation is 1. The summed E-state index contributed by atoms with van der Waals surface area (Å²) in [4.78, 5) is 15.2. The van der Waals surface area contributed by atoms with Crippen LogP contribution in [0.25, 0.3) is 0 Å². The number of aliphatic carboxylic acids is 1. The van der Waals surface area contributed by atoms with E-state index in [0.717, 1.165) is 11.1 Å². The third-order valence-corrected chi connectivity index (χ3v) is 3.25. The van der Waals surface area contributed by atoms with Gasteiger partial charge in [0.2, 0.25) is 0 Å². The molecule has 0 saturated heterocycles. The summed E-state index contributed by atoms with van der Waals surface area (Å²) < 4.78 is 0. The first-order chi connectivity index (χ1) is 9.16. The molecule has 1 atom stereocenters. The number of rotatable bonds is 5. The lowest BCUT2D eigenvalue weighted by Gasteiger charge is -2.12. The molecule has 0 spiro atoms. The van der Waals surface area contributed by atoms with E-state index in [0.29, 0.717) is 17.9 Å². The van der Waals surface area contributed by atoms with E-state index in [1.165, 1.54) is 0 Å². The number of benzene rings is 1. The van der Waals surface area contributed by atoms with Crippen LogP contribution in [0, 0.1) is 0 Å². The smallest absolute Gasteiger partial charge is 0.310 e. The maximum absolute atomic E-state index is 11.3. The Morgan fingerprint density at radius 2 is 2.00 bits per heavy atom. The monoisotopic (exact) mass is 275 g/mol. The van der Waals surface area contributed by atoms with E-state index in [4.69, 9.17) is 11.6 Å². The van der Waals surface area contributed by atoms with Crippen LogP contribution in [0.1, 0.15) is 23.5 Å². The standard InChI is InChI=1S/C15H14ClNO2/c16-13-3-1-2-11(10-13)4-5-14(15(18)19)12-6-8-17-9-7-12/h1-3,6-10,14H,4-5H2,(H,18,19). The van der Waals surface area contributed by atoms with Crippen molar-refractivity contribution >= 4 is 17.6 Å².